The Kier molecular flexibility index (Phi) is 18.6. The van der Waals surface area contributed by atoms with Crippen molar-refractivity contribution in [3.05, 3.63) is 145 Å². The quantitative estimate of drug-likeness (QED) is 0.0245. The first kappa shape index (κ1) is 48.1. The summed E-state index contributed by atoms with van der Waals surface area (Å²) in [5.41, 5.74) is 4.19. The standard InChI is InChI=1S/C44H46Cl2N10O8/c1-3-53(35-11-7-33(8-12-35)48-50-41-17-15-37(55(59)60)28-39(41)45)24-26-63-43(57)19-22-52(31-32-6-5-21-47-30-32)23-20-44(58)64-27-25-54(4-2)36-13-9-34(10-14-36)49-51-42-18-16-38(56(61)62)29-40(42)46/h5-18,21,28-30H,3-4,19-20,22-27,31H2,1-2H3. The Labute approximate surface area is 379 Å². The number of nitro benzene ring substituents is 2. The summed E-state index contributed by atoms with van der Waals surface area (Å²) in [6.45, 7) is 7.78. The van der Waals surface area contributed by atoms with Crippen molar-refractivity contribution in [1.82, 2.24) is 9.88 Å². The van der Waals surface area contributed by atoms with Crippen LogP contribution in [0.4, 0.5) is 45.5 Å². The topological polar surface area (TPSA) is 211 Å². The van der Waals surface area contributed by atoms with Crippen LogP contribution in [-0.2, 0) is 25.6 Å². The molecule has 0 aliphatic carbocycles. The maximum atomic E-state index is 12.9. The molecular weight excluding hydrogens is 867 g/mol. The summed E-state index contributed by atoms with van der Waals surface area (Å²) in [5, 5.41) is 38.8. The number of carbonyl (C=O) groups is 2. The van der Waals surface area contributed by atoms with E-state index >= 15 is 0 Å². The average Bonchev–Trinajstić information content (AvgIpc) is 3.30. The highest BCUT2D eigenvalue weighted by Crippen LogP contribution is 2.32. The number of esters is 2. The van der Waals surface area contributed by atoms with Gasteiger partial charge >= 0.3 is 11.9 Å². The summed E-state index contributed by atoms with van der Waals surface area (Å²) in [6, 6.07) is 26.3. The molecule has 4 aromatic carbocycles. The SMILES string of the molecule is CCN(CCOC(=O)CCN(CCC(=O)OCCN(CC)c1ccc(N=Nc2ccc([N+](=O)[O-])cc2Cl)cc1)Cc1cccnc1)c1ccc(N=Nc2ccc([N+](=O)[O-])cc2Cl)cc1. The molecule has 20 heteroatoms. The van der Waals surface area contributed by atoms with E-state index in [9.17, 15) is 29.8 Å². The van der Waals surface area contributed by atoms with E-state index in [4.69, 9.17) is 32.7 Å². The Morgan fingerprint density at radius 2 is 1.09 bits per heavy atom. The van der Waals surface area contributed by atoms with Gasteiger partial charge in [-0.05, 0) is 86.1 Å². The van der Waals surface area contributed by atoms with Gasteiger partial charge in [-0.3, -0.25) is 39.7 Å². The van der Waals surface area contributed by atoms with Crippen LogP contribution in [0.15, 0.2) is 130 Å². The molecule has 0 saturated carbocycles. The number of nitrogens with zero attached hydrogens (tertiary/aromatic N) is 10. The van der Waals surface area contributed by atoms with E-state index in [-0.39, 0.29) is 59.4 Å². The first-order chi connectivity index (χ1) is 30.9. The van der Waals surface area contributed by atoms with E-state index in [2.05, 4.69) is 35.2 Å². The number of rotatable bonds is 24. The van der Waals surface area contributed by atoms with Crippen LogP contribution in [0.1, 0.15) is 32.3 Å². The van der Waals surface area contributed by atoms with Crippen LogP contribution >= 0.6 is 23.2 Å². The van der Waals surface area contributed by atoms with E-state index < -0.39 is 9.85 Å². The summed E-state index contributed by atoms with van der Waals surface area (Å²) in [6.07, 6.45) is 3.67. The van der Waals surface area contributed by atoms with Crippen LogP contribution < -0.4 is 9.80 Å². The molecule has 0 bridgehead atoms. The Balaban J connectivity index is 1.04. The maximum Gasteiger partial charge on any atom is 0.307 e. The number of ether oxygens (including phenoxy) is 2. The van der Waals surface area contributed by atoms with Crippen molar-refractivity contribution in [2.45, 2.75) is 33.2 Å². The van der Waals surface area contributed by atoms with Gasteiger partial charge in [-0.1, -0.05) is 29.3 Å². The minimum Gasteiger partial charge on any atom is -0.464 e. The fourth-order valence-electron chi connectivity index (χ4n) is 6.21. The van der Waals surface area contributed by atoms with Crippen molar-refractivity contribution in [2.75, 3.05) is 62.3 Å². The van der Waals surface area contributed by atoms with Crippen molar-refractivity contribution in [2.24, 2.45) is 20.5 Å². The molecular formula is C44H46Cl2N10O8. The number of hydrogen-bond acceptors (Lipinski definition) is 16. The Bertz CT molecular complexity index is 2260. The summed E-state index contributed by atoms with van der Waals surface area (Å²) >= 11 is 12.2. The van der Waals surface area contributed by atoms with Crippen LogP contribution in [0, 0.1) is 20.2 Å². The number of likely N-dealkylation sites (N-methyl/N-ethyl adjacent to an activating group) is 2. The highest BCUT2D eigenvalue weighted by atomic mass is 35.5. The lowest BCUT2D eigenvalue weighted by atomic mass is 10.2. The summed E-state index contributed by atoms with van der Waals surface area (Å²) in [4.78, 5) is 56.9. The van der Waals surface area contributed by atoms with Gasteiger partial charge in [0.25, 0.3) is 11.4 Å². The molecule has 64 heavy (non-hydrogen) atoms. The third-order valence-electron chi connectivity index (χ3n) is 9.67. The van der Waals surface area contributed by atoms with Crippen molar-refractivity contribution < 1.29 is 28.9 Å². The van der Waals surface area contributed by atoms with Crippen LogP contribution in [0.3, 0.4) is 0 Å². The van der Waals surface area contributed by atoms with Gasteiger partial charge in [-0.2, -0.15) is 10.2 Å². The average molecular weight is 914 g/mol. The number of halogens is 2. The van der Waals surface area contributed by atoms with Gasteiger partial charge < -0.3 is 19.3 Å². The van der Waals surface area contributed by atoms with Gasteiger partial charge in [0, 0.05) is 80.8 Å². The van der Waals surface area contributed by atoms with Crippen molar-refractivity contribution in [3.63, 3.8) is 0 Å². The number of anilines is 2. The normalized spacial score (nSPS) is 11.3. The van der Waals surface area contributed by atoms with Crippen molar-refractivity contribution >= 4 is 80.6 Å². The monoisotopic (exact) mass is 912 g/mol. The lowest BCUT2D eigenvalue weighted by Gasteiger charge is -2.24. The zero-order valence-corrected chi connectivity index (χ0v) is 36.7. The molecule has 0 atom stereocenters. The lowest BCUT2D eigenvalue weighted by molar-refractivity contribution is -0.385. The second kappa shape index (κ2) is 24.7. The highest BCUT2D eigenvalue weighted by Gasteiger charge is 2.16. The predicted octanol–water partition coefficient (Wildman–Crippen LogP) is 10.8. The minimum absolute atomic E-state index is 0.121. The van der Waals surface area contributed by atoms with Crippen LogP contribution in [0.2, 0.25) is 10.0 Å². The van der Waals surface area contributed by atoms with Gasteiger partial charge in [0.2, 0.25) is 0 Å². The molecule has 0 aliphatic heterocycles. The van der Waals surface area contributed by atoms with Crippen LogP contribution in [-0.4, -0.2) is 84.2 Å². The highest BCUT2D eigenvalue weighted by molar-refractivity contribution is 6.33. The molecule has 1 heterocycles. The molecule has 0 aliphatic rings. The predicted molar refractivity (Wildman–Crippen MR) is 244 cm³/mol. The Hall–Kier alpha value is -6.89. The molecule has 0 N–H and O–H groups in total. The van der Waals surface area contributed by atoms with Crippen molar-refractivity contribution in [3.8, 4) is 0 Å². The molecule has 5 aromatic rings. The summed E-state index contributed by atoms with van der Waals surface area (Å²) in [7, 11) is 0. The fraction of sp³-hybridized carbons (Fsp3) is 0.295. The molecule has 5 rings (SSSR count). The molecule has 334 valence electrons. The number of pyridine rings is 1. The molecule has 0 spiro atoms. The number of nitro groups is 2. The largest absolute Gasteiger partial charge is 0.464 e. The third kappa shape index (κ3) is 15.2. The minimum atomic E-state index is -0.534. The fourth-order valence-corrected chi connectivity index (χ4v) is 6.63. The second-order valence-electron chi connectivity index (χ2n) is 14.0. The third-order valence-corrected chi connectivity index (χ3v) is 10.3. The van der Waals surface area contributed by atoms with Crippen LogP contribution in [0.25, 0.3) is 0 Å². The number of carbonyl (C=O) groups excluding carboxylic acids is 2. The first-order valence-electron chi connectivity index (χ1n) is 20.3. The molecule has 0 amide bonds. The Morgan fingerprint density at radius 1 is 0.641 bits per heavy atom. The molecule has 0 fully saturated rings. The second-order valence-corrected chi connectivity index (χ2v) is 14.8. The molecule has 0 radical (unpaired) electrons. The number of benzene rings is 4. The van der Waals surface area contributed by atoms with Gasteiger partial charge in [-0.25, -0.2) is 0 Å². The summed E-state index contributed by atoms with van der Waals surface area (Å²) in [5.74, 6) is -0.722. The number of non-ortho nitro benzene ring substituents is 2. The van der Waals surface area contributed by atoms with Gasteiger partial charge in [0.05, 0.1) is 57.2 Å². The number of azo groups is 2. The Morgan fingerprint density at radius 3 is 1.47 bits per heavy atom. The zero-order valence-electron chi connectivity index (χ0n) is 35.2. The molecule has 0 saturated heterocycles. The lowest BCUT2D eigenvalue weighted by Crippen LogP contribution is -2.31. The van der Waals surface area contributed by atoms with E-state index in [1.165, 1.54) is 36.4 Å². The van der Waals surface area contributed by atoms with Gasteiger partial charge in [-0.15, -0.1) is 10.2 Å². The smallest absolute Gasteiger partial charge is 0.307 e. The van der Waals surface area contributed by atoms with Gasteiger partial charge in [0.15, 0.2) is 0 Å². The number of aromatic nitrogens is 1. The first-order valence-corrected chi connectivity index (χ1v) is 21.0. The molecule has 1 aromatic heterocycles. The molecule has 0 unspecified atom stereocenters. The zero-order chi connectivity index (χ0) is 45.8. The van der Waals surface area contributed by atoms with Gasteiger partial charge in [0.1, 0.15) is 24.6 Å². The maximum absolute atomic E-state index is 12.9. The van der Waals surface area contributed by atoms with E-state index in [0.717, 1.165) is 16.9 Å². The van der Waals surface area contributed by atoms with Crippen molar-refractivity contribution in [1.29, 1.82) is 0 Å². The van der Waals surface area contributed by atoms with E-state index in [0.29, 0.717) is 68.6 Å². The van der Waals surface area contributed by atoms with E-state index in [1.54, 1.807) is 36.7 Å². The van der Waals surface area contributed by atoms with Crippen LogP contribution in [0.5, 0.6) is 0 Å². The number of hydrogen-bond donors (Lipinski definition) is 0. The molecule has 18 nitrogen and oxygen atoms in total. The van der Waals surface area contributed by atoms with E-state index in [1.807, 2.05) is 55.1 Å². The summed E-state index contributed by atoms with van der Waals surface area (Å²) < 4.78 is 11.2.